The largest absolute Gasteiger partial charge is 0.362 e. The Bertz CT molecular complexity index is 1110. The zero-order chi connectivity index (χ0) is 19.4. The van der Waals surface area contributed by atoms with Crippen molar-refractivity contribution < 1.29 is 4.39 Å². The summed E-state index contributed by atoms with van der Waals surface area (Å²) in [6, 6.07) is 5.93. The zero-order valence-corrected chi connectivity index (χ0v) is 15.8. The summed E-state index contributed by atoms with van der Waals surface area (Å²) in [5.41, 5.74) is 11.3. The monoisotopic (exact) mass is 379 g/mol. The number of hydrogen-bond donors (Lipinski definition) is 1. The van der Waals surface area contributed by atoms with E-state index in [9.17, 15) is 9.65 Å². The van der Waals surface area contributed by atoms with Crippen LogP contribution in [0.15, 0.2) is 18.3 Å². The fourth-order valence-corrected chi connectivity index (χ4v) is 4.65. The summed E-state index contributed by atoms with van der Waals surface area (Å²) in [4.78, 5) is 2.17. The first-order valence-corrected chi connectivity index (χ1v) is 9.72. The molecule has 2 atom stereocenters. The van der Waals surface area contributed by atoms with Crippen LogP contribution in [-0.4, -0.2) is 32.0 Å². The second kappa shape index (κ2) is 6.31. The first-order chi connectivity index (χ1) is 13.6. The van der Waals surface area contributed by atoms with Gasteiger partial charge in [-0.15, -0.1) is 0 Å². The molecule has 0 aromatic carbocycles. The third-order valence-corrected chi connectivity index (χ3v) is 5.95. The van der Waals surface area contributed by atoms with Crippen LogP contribution in [0.2, 0.25) is 0 Å². The summed E-state index contributed by atoms with van der Waals surface area (Å²) in [6.45, 7) is 3.51. The van der Waals surface area contributed by atoms with Crippen molar-refractivity contribution in [3.8, 4) is 6.07 Å². The lowest BCUT2D eigenvalue weighted by atomic mass is 10.0. The Balaban J connectivity index is 1.60. The van der Waals surface area contributed by atoms with Gasteiger partial charge in [0.25, 0.3) is 0 Å². The van der Waals surface area contributed by atoms with Crippen LogP contribution >= 0.6 is 0 Å². The minimum Gasteiger partial charge on any atom is -0.362 e. The molecule has 0 bridgehead atoms. The van der Waals surface area contributed by atoms with Crippen LogP contribution < -0.4 is 10.6 Å². The molecule has 3 aromatic rings. The highest BCUT2D eigenvalue weighted by Crippen LogP contribution is 2.34. The lowest BCUT2D eigenvalue weighted by Crippen LogP contribution is -2.37. The molecule has 1 aliphatic carbocycles. The van der Waals surface area contributed by atoms with Crippen molar-refractivity contribution in [2.45, 2.75) is 51.2 Å². The number of fused-ring (bicyclic) bond motifs is 4. The average Bonchev–Trinajstić information content (AvgIpc) is 3.17. The molecule has 0 saturated carbocycles. The molecule has 0 radical (unpaired) electrons. The van der Waals surface area contributed by atoms with Crippen LogP contribution in [0.3, 0.4) is 0 Å². The second-order valence-corrected chi connectivity index (χ2v) is 7.87. The molecule has 3 aromatic heterocycles. The summed E-state index contributed by atoms with van der Waals surface area (Å²) in [7, 11) is 0. The molecule has 0 spiro atoms. The first kappa shape index (κ1) is 17.2. The lowest BCUT2D eigenvalue weighted by Gasteiger charge is -2.34. The van der Waals surface area contributed by atoms with Gasteiger partial charge in [0.2, 0.25) is 0 Å². The van der Waals surface area contributed by atoms with Gasteiger partial charge in [0, 0.05) is 19.0 Å². The number of pyridine rings is 1. The number of nitrogens with two attached hydrogens (primary N) is 1. The zero-order valence-electron chi connectivity index (χ0n) is 15.8. The number of halogens is 1. The topological polar surface area (TPSA) is 88.2 Å². The predicted molar refractivity (Wildman–Crippen MR) is 102 cm³/mol. The van der Waals surface area contributed by atoms with E-state index in [0.717, 1.165) is 37.1 Å². The van der Waals surface area contributed by atoms with E-state index in [1.165, 1.54) is 22.0 Å². The normalized spacial score (nSPS) is 21.9. The van der Waals surface area contributed by atoms with Gasteiger partial charge in [-0.3, -0.25) is 4.68 Å². The Hall–Kier alpha value is -2.92. The fourth-order valence-electron chi connectivity index (χ4n) is 4.65. The van der Waals surface area contributed by atoms with Crippen molar-refractivity contribution in [2.24, 2.45) is 5.73 Å². The number of nitriles is 1. The standard InChI is InChI=1S/C20H22FN7/c1-12-10-26(18-6-5-14(8-22)28-20(18)16(21)9-24-28)11-19-15-4-2-3-13(23)7-17(15)25-27(12)19/h5-6,9,12-13H,2-4,7,10-11,23H2,1H3/t12-,13?/m1/s1. The molecule has 28 heavy (non-hydrogen) atoms. The summed E-state index contributed by atoms with van der Waals surface area (Å²) >= 11 is 0. The Morgan fingerprint density at radius 1 is 1.36 bits per heavy atom. The Labute approximate surface area is 162 Å². The maximum Gasteiger partial charge on any atom is 0.171 e. The van der Waals surface area contributed by atoms with E-state index in [1.54, 1.807) is 6.07 Å². The van der Waals surface area contributed by atoms with Gasteiger partial charge >= 0.3 is 0 Å². The minimum atomic E-state index is -0.413. The quantitative estimate of drug-likeness (QED) is 0.656. The summed E-state index contributed by atoms with van der Waals surface area (Å²) in [6.07, 6.45) is 5.07. The Morgan fingerprint density at radius 3 is 3.04 bits per heavy atom. The molecule has 0 fully saturated rings. The molecular weight excluding hydrogens is 357 g/mol. The highest BCUT2D eigenvalue weighted by Gasteiger charge is 2.31. The SMILES string of the molecule is C[C@@H]1CN(c2ccc(C#N)n3ncc(F)c23)Cc2c3c(nn21)CC(N)CCC3. The molecule has 0 amide bonds. The maximum atomic E-state index is 14.5. The van der Waals surface area contributed by atoms with E-state index in [4.69, 9.17) is 10.8 Å². The first-order valence-electron chi connectivity index (χ1n) is 9.72. The fraction of sp³-hybridized carbons (Fsp3) is 0.450. The van der Waals surface area contributed by atoms with E-state index in [1.807, 2.05) is 6.07 Å². The van der Waals surface area contributed by atoms with Crippen LogP contribution in [-0.2, 0) is 19.4 Å². The number of nitrogens with zero attached hydrogens (tertiary/aromatic N) is 6. The van der Waals surface area contributed by atoms with E-state index >= 15 is 0 Å². The Kier molecular flexibility index (Phi) is 3.88. The summed E-state index contributed by atoms with van der Waals surface area (Å²) in [5, 5.41) is 18.2. The molecule has 8 heteroatoms. The van der Waals surface area contributed by atoms with Crippen molar-refractivity contribution in [1.82, 2.24) is 19.4 Å². The van der Waals surface area contributed by atoms with Crippen LogP contribution in [0.1, 0.15) is 48.5 Å². The number of rotatable bonds is 1. The van der Waals surface area contributed by atoms with Gasteiger partial charge in [0.15, 0.2) is 5.82 Å². The van der Waals surface area contributed by atoms with Crippen LogP contribution in [0.25, 0.3) is 5.52 Å². The van der Waals surface area contributed by atoms with E-state index in [2.05, 4.69) is 27.7 Å². The van der Waals surface area contributed by atoms with Crippen molar-refractivity contribution >= 4 is 11.2 Å². The van der Waals surface area contributed by atoms with Crippen molar-refractivity contribution in [3.05, 3.63) is 46.8 Å². The number of hydrogen-bond acceptors (Lipinski definition) is 5. The summed E-state index contributed by atoms with van der Waals surface area (Å²) in [5.74, 6) is -0.413. The molecule has 1 unspecified atom stereocenters. The van der Waals surface area contributed by atoms with Crippen molar-refractivity contribution in [3.63, 3.8) is 0 Å². The molecule has 5 rings (SSSR count). The highest BCUT2D eigenvalue weighted by molar-refractivity contribution is 5.75. The third-order valence-electron chi connectivity index (χ3n) is 5.95. The Morgan fingerprint density at radius 2 is 2.21 bits per heavy atom. The average molecular weight is 379 g/mol. The summed E-state index contributed by atoms with van der Waals surface area (Å²) < 4.78 is 18.1. The molecule has 7 nitrogen and oxygen atoms in total. The maximum absolute atomic E-state index is 14.5. The van der Waals surface area contributed by atoms with Gasteiger partial charge < -0.3 is 10.6 Å². The minimum absolute atomic E-state index is 0.161. The van der Waals surface area contributed by atoms with E-state index in [-0.39, 0.29) is 12.1 Å². The van der Waals surface area contributed by atoms with Crippen molar-refractivity contribution in [1.29, 1.82) is 5.26 Å². The van der Waals surface area contributed by atoms with Gasteiger partial charge in [-0.1, -0.05) is 0 Å². The van der Waals surface area contributed by atoms with Crippen LogP contribution in [0, 0.1) is 17.1 Å². The van der Waals surface area contributed by atoms with Gasteiger partial charge in [-0.05, 0) is 43.9 Å². The number of anilines is 1. The van der Waals surface area contributed by atoms with Crippen molar-refractivity contribution in [2.75, 3.05) is 11.4 Å². The third kappa shape index (κ3) is 2.50. The smallest absolute Gasteiger partial charge is 0.171 e. The molecule has 2 N–H and O–H groups in total. The predicted octanol–water partition coefficient (Wildman–Crippen LogP) is 2.33. The van der Waals surface area contributed by atoms with Gasteiger partial charge in [-0.25, -0.2) is 8.91 Å². The van der Waals surface area contributed by atoms with Gasteiger partial charge in [0.05, 0.1) is 35.9 Å². The van der Waals surface area contributed by atoms with Gasteiger partial charge in [-0.2, -0.15) is 15.5 Å². The van der Waals surface area contributed by atoms with Crippen LogP contribution in [0.4, 0.5) is 10.1 Å². The van der Waals surface area contributed by atoms with E-state index in [0.29, 0.717) is 24.3 Å². The molecule has 1 aliphatic heterocycles. The van der Waals surface area contributed by atoms with E-state index < -0.39 is 5.82 Å². The molecule has 4 heterocycles. The molecule has 0 saturated heterocycles. The molecular formula is C20H22FN7. The second-order valence-electron chi connectivity index (χ2n) is 7.87. The number of aromatic nitrogens is 4. The highest BCUT2D eigenvalue weighted by atomic mass is 19.1. The molecule has 2 aliphatic rings. The lowest BCUT2D eigenvalue weighted by molar-refractivity contribution is 0.420. The molecule has 144 valence electrons. The van der Waals surface area contributed by atoms with Crippen LogP contribution in [0.5, 0.6) is 0 Å². The van der Waals surface area contributed by atoms with Gasteiger partial charge in [0.1, 0.15) is 17.3 Å².